The molecule has 0 spiro atoms. The molecule has 0 unspecified atom stereocenters. The van der Waals surface area contributed by atoms with Crippen molar-refractivity contribution in [2.45, 2.75) is 40.4 Å². The molecule has 31 heavy (non-hydrogen) atoms. The average Bonchev–Trinajstić information content (AvgIpc) is 3.15. The van der Waals surface area contributed by atoms with Gasteiger partial charge in [0.25, 0.3) is 5.91 Å². The number of carbonyl (C=O) groups is 1. The summed E-state index contributed by atoms with van der Waals surface area (Å²) in [6.45, 7) is 8.58. The number of aryl methyl sites for hydroxylation is 2. The van der Waals surface area contributed by atoms with Gasteiger partial charge in [0.05, 0.1) is 12.7 Å². The zero-order valence-electron chi connectivity index (χ0n) is 18.0. The third-order valence-electron chi connectivity index (χ3n) is 5.00. The molecule has 0 saturated heterocycles. The van der Waals surface area contributed by atoms with Gasteiger partial charge < -0.3 is 14.8 Å². The van der Waals surface area contributed by atoms with E-state index in [1.165, 1.54) is 12.3 Å². The minimum atomic E-state index is -0.519. The van der Waals surface area contributed by atoms with Crippen LogP contribution in [-0.4, -0.2) is 46.6 Å². The third kappa shape index (κ3) is 5.03. The maximum absolute atomic E-state index is 14.3. The molecule has 0 radical (unpaired) electrons. The number of ether oxygens (including phenoxy) is 2. The van der Waals surface area contributed by atoms with Crippen LogP contribution in [0, 0.1) is 19.7 Å². The molecular formula is C22H26ClFN4O3. The number of nitrogens with zero attached hydrogens (tertiary/aromatic N) is 3. The minimum Gasteiger partial charge on any atom is -0.351 e. The van der Waals surface area contributed by atoms with Crippen molar-refractivity contribution in [3.8, 4) is 0 Å². The molecule has 0 aliphatic heterocycles. The maximum atomic E-state index is 14.3. The monoisotopic (exact) mass is 448 g/mol. The molecule has 9 heteroatoms. The van der Waals surface area contributed by atoms with Crippen LogP contribution in [0.4, 0.5) is 4.39 Å². The fraction of sp³-hybridized carbons (Fsp3) is 0.409. The second-order valence-electron chi connectivity index (χ2n) is 6.98. The summed E-state index contributed by atoms with van der Waals surface area (Å²) in [5.41, 5.74) is 3.43. The number of benzene rings is 1. The standard InChI is InChI=1S/C22H26ClFN4O3/c1-5-30-20(31-6-2)12-25-22(29)17-11-26-28-14(4)15(13(3)27-21(17)28)10-16-18(23)8-7-9-19(16)24/h7-9,11,20H,5-6,10,12H2,1-4H3,(H,25,29). The molecule has 0 saturated carbocycles. The molecule has 1 aromatic carbocycles. The van der Waals surface area contributed by atoms with E-state index in [1.807, 2.05) is 27.7 Å². The van der Waals surface area contributed by atoms with Gasteiger partial charge in [-0.3, -0.25) is 4.79 Å². The highest BCUT2D eigenvalue weighted by molar-refractivity contribution is 6.31. The molecule has 166 valence electrons. The molecule has 2 heterocycles. The van der Waals surface area contributed by atoms with Crippen molar-refractivity contribution in [3.63, 3.8) is 0 Å². The molecule has 0 fully saturated rings. The molecule has 1 N–H and O–H groups in total. The first kappa shape index (κ1) is 23.1. The second kappa shape index (κ2) is 10.2. The lowest BCUT2D eigenvalue weighted by atomic mass is 10.0. The van der Waals surface area contributed by atoms with E-state index >= 15 is 0 Å². The highest BCUT2D eigenvalue weighted by atomic mass is 35.5. The van der Waals surface area contributed by atoms with E-state index in [9.17, 15) is 9.18 Å². The number of aromatic nitrogens is 3. The summed E-state index contributed by atoms with van der Waals surface area (Å²) in [6, 6.07) is 4.61. The average molecular weight is 449 g/mol. The summed E-state index contributed by atoms with van der Waals surface area (Å²) < 4.78 is 26.8. The Balaban J connectivity index is 1.88. The first-order valence-electron chi connectivity index (χ1n) is 10.1. The zero-order chi connectivity index (χ0) is 22.5. The van der Waals surface area contributed by atoms with E-state index in [1.54, 1.807) is 16.6 Å². The number of halogens is 2. The molecule has 2 aromatic heterocycles. The van der Waals surface area contributed by atoms with Crippen LogP contribution < -0.4 is 5.32 Å². The van der Waals surface area contributed by atoms with Crippen molar-refractivity contribution in [1.82, 2.24) is 19.9 Å². The van der Waals surface area contributed by atoms with E-state index in [4.69, 9.17) is 21.1 Å². The van der Waals surface area contributed by atoms with Crippen LogP contribution >= 0.6 is 11.6 Å². The van der Waals surface area contributed by atoms with E-state index in [0.717, 1.165) is 11.3 Å². The van der Waals surface area contributed by atoms with Crippen LogP contribution in [0.15, 0.2) is 24.4 Å². The van der Waals surface area contributed by atoms with Crippen LogP contribution in [0.2, 0.25) is 5.02 Å². The maximum Gasteiger partial charge on any atom is 0.256 e. The predicted molar refractivity (Wildman–Crippen MR) is 116 cm³/mol. The third-order valence-corrected chi connectivity index (χ3v) is 5.36. The lowest BCUT2D eigenvalue weighted by Gasteiger charge is -2.17. The van der Waals surface area contributed by atoms with Crippen molar-refractivity contribution in [2.24, 2.45) is 0 Å². The van der Waals surface area contributed by atoms with Gasteiger partial charge in [-0.15, -0.1) is 0 Å². The van der Waals surface area contributed by atoms with Crippen molar-refractivity contribution in [3.05, 3.63) is 63.3 Å². The first-order chi connectivity index (χ1) is 14.9. The Labute approximate surface area is 185 Å². The molecule has 3 rings (SSSR count). The Hall–Kier alpha value is -2.55. The number of rotatable bonds is 9. The van der Waals surface area contributed by atoms with E-state index < -0.39 is 6.29 Å². The number of amides is 1. The summed E-state index contributed by atoms with van der Waals surface area (Å²) >= 11 is 6.20. The smallest absolute Gasteiger partial charge is 0.256 e. The highest BCUT2D eigenvalue weighted by Crippen LogP contribution is 2.26. The first-order valence-corrected chi connectivity index (χ1v) is 10.5. The van der Waals surface area contributed by atoms with E-state index in [0.29, 0.717) is 40.7 Å². The summed E-state index contributed by atoms with van der Waals surface area (Å²) in [5, 5.41) is 7.50. The van der Waals surface area contributed by atoms with Gasteiger partial charge >= 0.3 is 0 Å². The van der Waals surface area contributed by atoms with Crippen LogP contribution in [-0.2, 0) is 15.9 Å². The molecular weight excluding hydrogens is 423 g/mol. The van der Waals surface area contributed by atoms with Gasteiger partial charge in [0, 0.05) is 41.6 Å². The Morgan fingerprint density at radius 1 is 1.23 bits per heavy atom. The van der Waals surface area contributed by atoms with Gasteiger partial charge in [0.1, 0.15) is 11.4 Å². The van der Waals surface area contributed by atoms with Crippen molar-refractivity contribution in [2.75, 3.05) is 19.8 Å². The molecule has 7 nitrogen and oxygen atoms in total. The summed E-state index contributed by atoms with van der Waals surface area (Å²) in [4.78, 5) is 17.3. The van der Waals surface area contributed by atoms with Gasteiger partial charge in [0.2, 0.25) is 0 Å². The Morgan fingerprint density at radius 2 is 1.94 bits per heavy atom. The summed E-state index contributed by atoms with van der Waals surface area (Å²) in [5.74, 6) is -0.694. The lowest BCUT2D eigenvalue weighted by Crippen LogP contribution is -2.35. The SMILES string of the molecule is CCOC(CNC(=O)c1cnn2c(C)c(Cc3c(F)cccc3Cl)c(C)nc12)OCC. The van der Waals surface area contributed by atoms with Gasteiger partial charge in [-0.25, -0.2) is 13.9 Å². The number of nitrogens with one attached hydrogen (secondary N) is 1. The van der Waals surface area contributed by atoms with Crippen LogP contribution in [0.1, 0.15) is 46.7 Å². The predicted octanol–water partition coefficient (Wildman–Crippen LogP) is 3.86. The van der Waals surface area contributed by atoms with Gasteiger partial charge in [-0.05, 0) is 45.4 Å². The lowest BCUT2D eigenvalue weighted by molar-refractivity contribution is -0.131. The van der Waals surface area contributed by atoms with Crippen molar-refractivity contribution >= 4 is 23.2 Å². The number of carbonyl (C=O) groups excluding carboxylic acids is 1. The topological polar surface area (TPSA) is 77.8 Å². The number of hydrogen-bond acceptors (Lipinski definition) is 5. The normalized spacial score (nSPS) is 11.5. The van der Waals surface area contributed by atoms with Crippen molar-refractivity contribution in [1.29, 1.82) is 0 Å². The summed E-state index contributed by atoms with van der Waals surface area (Å²) in [7, 11) is 0. The van der Waals surface area contributed by atoms with E-state index in [2.05, 4.69) is 15.4 Å². The van der Waals surface area contributed by atoms with Crippen LogP contribution in [0.3, 0.4) is 0 Å². The van der Waals surface area contributed by atoms with Crippen LogP contribution in [0.5, 0.6) is 0 Å². The van der Waals surface area contributed by atoms with Gasteiger partial charge in [-0.2, -0.15) is 5.10 Å². The molecule has 0 bridgehead atoms. The van der Waals surface area contributed by atoms with Crippen molar-refractivity contribution < 1.29 is 18.7 Å². The molecule has 1 amide bonds. The zero-order valence-corrected chi connectivity index (χ0v) is 18.8. The van der Waals surface area contributed by atoms with Gasteiger partial charge in [0.15, 0.2) is 11.9 Å². The van der Waals surface area contributed by atoms with E-state index in [-0.39, 0.29) is 24.7 Å². The molecule has 0 aliphatic carbocycles. The Kier molecular flexibility index (Phi) is 7.59. The minimum absolute atomic E-state index is 0.208. The number of hydrogen-bond donors (Lipinski definition) is 1. The number of fused-ring (bicyclic) bond motifs is 1. The quantitative estimate of drug-likeness (QED) is 0.503. The highest BCUT2D eigenvalue weighted by Gasteiger charge is 2.20. The fourth-order valence-corrected chi connectivity index (χ4v) is 3.64. The van der Waals surface area contributed by atoms with Gasteiger partial charge in [-0.1, -0.05) is 17.7 Å². The Bertz CT molecular complexity index is 1060. The Morgan fingerprint density at radius 3 is 2.58 bits per heavy atom. The molecule has 0 aliphatic rings. The second-order valence-corrected chi connectivity index (χ2v) is 7.39. The van der Waals surface area contributed by atoms with Crippen LogP contribution in [0.25, 0.3) is 5.65 Å². The molecule has 0 atom stereocenters. The molecule has 3 aromatic rings. The largest absolute Gasteiger partial charge is 0.351 e. The summed E-state index contributed by atoms with van der Waals surface area (Å²) in [6.07, 6.45) is 1.23. The fourth-order valence-electron chi connectivity index (χ4n) is 3.41.